The third-order valence-corrected chi connectivity index (χ3v) is 13.9. The summed E-state index contributed by atoms with van der Waals surface area (Å²) in [5.74, 6) is 2.57. The molecule has 0 aliphatic heterocycles. The van der Waals surface area contributed by atoms with Crippen LogP contribution in [-0.4, -0.2) is 41.6 Å². The first kappa shape index (κ1) is 22.8. The molecule has 0 N–H and O–H groups in total. The standard InChI is InChI=1S/3C9H9O.Bi/c3*1-2-8-10-9-6-4-3-5-7-9;/h3*2,4-7H,1,8H2;. The number of ether oxygens (including phenoxy) is 3. The van der Waals surface area contributed by atoms with Crippen molar-refractivity contribution in [2.75, 3.05) is 19.8 Å². The van der Waals surface area contributed by atoms with Gasteiger partial charge in [0.25, 0.3) is 0 Å². The van der Waals surface area contributed by atoms with Gasteiger partial charge in [0.2, 0.25) is 0 Å². The molecule has 0 amide bonds. The molecule has 0 unspecified atom stereocenters. The van der Waals surface area contributed by atoms with Gasteiger partial charge < -0.3 is 0 Å². The van der Waals surface area contributed by atoms with Gasteiger partial charge in [-0.2, -0.15) is 0 Å². The van der Waals surface area contributed by atoms with Crippen LogP contribution in [0.1, 0.15) is 0 Å². The zero-order chi connectivity index (χ0) is 21.9. The Morgan fingerprint density at radius 1 is 0.484 bits per heavy atom. The van der Waals surface area contributed by atoms with Gasteiger partial charge in [-0.1, -0.05) is 0 Å². The van der Waals surface area contributed by atoms with E-state index in [0.717, 1.165) is 17.2 Å². The molecule has 0 aromatic heterocycles. The van der Waals surface area contributed by atoms with Crippen molar-refractivity contribution in [1.82, 2.24) is 0 Å². The molecule has 0 aliphatic rings. The van der Waals surface area contributed by atoms with Gasteiger partial charge in [-0.3, -0.25) is 0 Å². The van der Waals surface area contributed by atoms with Crippen LogP contribution in [0, 0.1) is 0 Å². The van der Waals surface area contributed by atoms with Crippen LogP contribution in [0.5, 0.6) is 17.2 Å². The summed E-state index contributed by atoms with van der Waals surface area (Å²) in [4.78, 5) is 0. The molecule has 3 aromatic carbocycles. The second-order valence-electron chi connectivity index (χ2n) is 6.62. The van der Waals surface area contributed by atoms with Gasteiger partial charge in [0.15, 0.2) is 0 Å². The van der Waals surface area contributed by atoms with Crippen LogP contribution < -0.4 is 24.0 Å². The van der Waals surface area contributed by atoms with Gasteiger partial charge >= 0.3 is 194 Å². The Morgan fingerprint density at radius 2 is 0.742 bits per heavy atom. The summed E-state index contributed by atoms with van der Waals surface area (Å²) in [7, 11) is 0. The van der Waals surface area contributed by atoms with E-state index in [1.807, 2.05) is 36.4 Å². The fourth-order valence-electron chi connectivity index (χ4n) is 2.99. The van der Waals surface area contributed by atoms with Crippen molar-refractivity contribution in [3.63, 3.8) is 0 Å². The van der Waals surface area contributed by atoms with Gasteiger partial charge in [0, 0.05) is 0 Å². The van der Waals surface area contributed by atoms with Crippen molar-refractivity contribution in [1.29, 1.82) is 0 Å². The van der Waals surface area contributed by atoms with Crippen LogP contribution >= 0.6 is 0 Å². The normalized spacial score (nSPS) is 10.4. The summed E-state index contributed by atoms with van der Waals surface area (Å²) in [6, 6.07) is 25.4. The molecule has 0 heterocycles. The first-order valence-electron chi connectivity index (χ1n) is 10.1. The van der Waals surface area contributed by atoms with E-state index in [1.54, 1.807) is 18.2 Å². The van der Waals surface area contributed by atoms with Crippen molar-refractivity contribution in [2.45, 2.75) is 0 Å². The summed E-state index contributed by atoms with van der Waals surface area (Å²) in [5.41, 5.74) is 0. The Labute approximate surface area is 193 Å². The molecule has 3 aromatic rings. The van der Waals surface area contributed by atoms with E-state index in [0.29, 0.717) is 19.8 Å². The molecule has 158 valence electrons. The van der Waals surface area contributed by atoms with Crippen LogP contribution in [0.4, 0.5) is 0 Å². The molecule has 0 bridgehead atoms. The predicted octanol–water partition coefficient (Wildman–Crippen LogP) is 3.90. The minimum atomic E-state index is -2.49. The van der Waals surface area contributed by atoms with E-state index in [-0.39, 0.29) is 0 Å². The average molecular weight is 608 g/mol. The minimum absolute atomic E-state index is 0.504. The SMILES string of the molecule is C=CCOc1cc[c]([Bi]([c]2ccc(OCC=C)cc2)[c]2ccc(OCC=C)cc2)cc1. The van der Waals surface area contributed by atoms with Gasteiger partial charge in [0.1, 0.15) is 0 Å². The van der Waals surface area contributed by atoms with Gasteiger partial charge in [-0.15, -0.1) is 0 Å². The van der Waals surface area contributed by atoms with E-state index < -0.39 is 21.8 Å². The van der Waals surface area contributed by atoms with Crippen molar-refractivity contribution >= 4 is 31.6 Å². The first-order chi connectivity index (χ1) is 15.2. The molecule has 0 saturated carbocycles. The summed E-state index contributed by atoms with van der Waals surface area (Å²) < 4.78 is 21.1. The second kappa shape index (κ2) is 12.1. The summed E-state index contributed by atoms with van der Waals surface area (Å²) in [6.07, 6.45) is 5.25. The molecule has 3 nitrogen and oxygen atoms in total. The first-order valence-corrected chi connectivity index (χ1v) is 15.3. The van der Waals surface area contributed by atoms with E-state index in [2.05, 4.69) is 56.1 Å². The van der Waals surface area contributed by atoms with Crippen LogP contribution in [0.2, 0.25) is 0 Å². The Bertz CT molecular complexity index is 845. The molecule has 4 heteroatoms. The zero-order valence-corrected chi connectivity index (χ0v) is 21.1. The number of hydrogen-bond donors (Lipinski definition) is 0. The van der Waals surface area contributed by atoms with E-state index in [9.17, 15) is 0 Å². The molecule has 0 fully saturated rings. The third-order valence-electron chi connectivity index (χ3n) is 4.39. The van der Waals surface area contributed by atoms with Crippen LogP contribution in [0.3, 0.4) is 0 Å². The number of benzene rings is 3. The predicted molar refractivity (Wildman–Crippen MR) is 131 cm³/mol. The summed E-state index contributed by atoms with van der Waals surface area (Å²) in [6.45, 7) is 12.6. The maximum absolute atomic E-state index is 5.66. The zero-order valence-electron chi connectivity index (χ0n) is 17.6. The average Bonchev–Trinajstić information content (AvgIpc) is 2.82. The third kappa shape index (κ3) is 6.57. The van der Waals surface area contributed by atoms with Crippen molar-refractivity contribution in [3.8, 4) is 17.2 Å². The van der Waals surface area contributed by atoms with Gasteiger partial charge in [-0.05, 0) is 0 Å². The van der Waals surface area contributed by atoms with E-state index >= 15 is 0 Å². The summed E-state index contributed by atoms with van der Waals surface area (Å²) >= 11 is -2.49. The monoisotopic (exact) mass is 608 g/mol. The Hall–Kier alpha value is -2.84. The van der Waals surface area contributed by atoms with Crippen molar-refractivity contribution < 1.29 is 14.2 Å². The van der Waals surface area contributed by atoms with Gasteiger partial charge in [0.05, 0.1) is 0 Å². The molecule has 0 spiro atoms. The van der Waals surface area contributed by atoms with Crippen LogP contribution in [0.25, 0.3) is 0 Å². The number of rotatable bonds is 12. The molecular formula is C27H27BiO3. The fourth-order valence-corrected chi connectivity index (χ4v) is 11.7. The maximum atomic E-state index is 5.66. The Morgan fingerprint density at radius 3 is 0.968 bits per heavy atom. The van der Waals surface area contributed by atoms with Gasteiger partial charge in [-0.25, -0.2) is 0 Å². The molecule has 0 saturated heterocycles. The molecule has 3 rings (SSSR count). The fraction of sp³-hybridized carbons (Fsp3) is 0.111. The van der Waals surface area contributed by atoms with E-state index in [4.69, 9.17) is 14.2 Å². The van der Waals surface area contributed by atoms with Crippen molar-refractivity contribution in [3.05, 3.63) is 111 Å². The van der Waals surface area contributed by atoms with Crippen molar-refractivity contribution in [2.24, 2.45) is 0 Å². The number of hydrogen-bond acceptors (Lipinski definition) is 3. The topological polar surface area (TPSA) is 27.7 Å². The molecule has 0 radical (unpaired) electrons. The molecule has 0 aliphatic carbocycles. The second-order valence-corrected chi connectivity index (χ2v) is 15.2. The Balaban J connectivity index is 1.92. The van der Waals surface area contributed by atoms with Crippen LogP contribution in [0.15, 0.2) is 111 Å². The Kier molecular flexibility index (Phi) is 8.93. The van der Waals surface area contributed by atoms with E-state index in [1.165, 1.54) is 9.81 Å². The van der Waals surface area contributed by atoms with Crippen LogP contribution in [-0.2, 0) is 0 Å². The quantitative estimate of drug-likeness (QED) is 0.231. The molecular weight excluding hydrogens is 581 g/mol. The molecule has 0 atom stereocenters. The molecule has 31 heavy (non-hydrogen) atoms. The summed E-state index contributed by atoms with van der Waals surface area (Å²) in [5, 5.41) is 0.